The summed E-state index contributed by atoms with van der Waals surface area (Å²) < 4.78 is 7.94. The van der Waals surface area contributed by atoms with Crippen LogP contribution in [0.4, 0.5) is 16.3 Å². The minimum Gasteiger partial charge on any atom is -0.465 e. The monoisotopic (exact) mass is 527 g/mol. The van der Waals surface area contributed by atoms with E-state index in [2.05, 4.69) is 42.7 Å². The maximum atomic E-state index is 12.9. The first-order valence-corrected chi connectivity index (χ1v) is 12.3. The number of amides is 2. The highest BCUT2D eigenvalue weighted by atomic mass is 79.9. The molecule has 4 aromatic rings. The lowest BCUT2D eigenvalue weighted by molar-refractivity contribution is 0.0607. The van der Waals surface area contributed by atoms with Crippen LogP contribution < -0.4 is 10.2 Å². The predicted molar refractivity (Wildman–Crippen MR) is 133 cm³/mol. The molecular weight excluding hydrogens is 506 g/mol. The number of nitrogens with zero attached hydrogens (tertiary/aromatic N) is 4. The molecule has 0 unspecified atom stereocenters. The molecule has 0 radical (unpaired) electrons. The van der Waals surface area contributed by atoms with Gasteiger partial charge in [0.25, 0.3) is 0 Å². The van der Waals surface area contributed by atoms with E-state index in [9.17, 15) is 9.59 Å². The molecular formula is C23H22BrN5O3S. The summed E-state index contributed by atoms with van der Waals surface area (Å²) in [4.78, 5) is 34.2. The van der Waals surface area contributed by atoms with Crippen molar-refractivity contribution in [2.24, 2.45) is 0 Å². The molecule has 1 aliphatic heterocycles. The summed E-state index contributed by atoms with van der Waals surface area (Å²) in [5, 5.41) is 4.63. The van der Waals surface area contributed by atoms with Gasteiger partial charge in [0.05, 0.1) is 29.3 Å². The minimum absolute atomic E-state index is 0.219. The number of aromatic nitrogens is 2. The number of fused-ring (bicyclic) bond motifs is 3. The van der Waals surface area contributed by atoms with E-state index >= 15 is 0 Å². The Morgan fingerprint density at radius 1 is 1.12 bits per heavy atom. The van der Waals surface area contributed by atoms with E-state index in [1.165, 1.54) is 18.4 Å². The van der Waals surface area contributed by atoms with E-state index < -0.39 is 5.97 Å². The first-order valence-electron chi connectivity index (χ1n) is 10.6. The second-order valence-electron chi connectivity index (χ2n) is 7.74. The number of halogens is 1. The summed E-state index contributed by atoms with van der Waals surface area (Å²) in [6.07, 6.45) is 2.86. The first-order chi connectivity index (χ1) is 16.0. The Morgan fingerprint density at radius 3 is 2.85 bits per heavy atom. The van der Waals surface area contributed by atoms with Crippen molar-refractivity contribution in [1.82, 2.24) is 14.3 Å². The molecule has 0 spiro atoms. The lowest BCUT2D eigenvalue weighted by Gasteiger charge is -2.24. The fourth-order valence-corrected chi connectivity index (χ4v) is 5.27. The van der Waals surface area contributed by atoms with Gasteiger partial charge in [0.1, 0.15) is 4.88 Å². The molecule has 1 saturated heterocycles. The SMILES string of the molecule is COC(=O)c1sccc1NC(=O)N1CCCN(c2nc3cc(Br)ccc3n3cccc23)CC1. The van der Waals surface area contributed by atoms with Gasteiger partial charge in [0.15, 0.2) is 5.82 Å². The van der Waals surface area contributed by atoms with Crippen LogP contribution in [-0.4, -0.2) is 59.6 Å². The van der Waals surface area contributed by atoms with Gasteiger partial charge in [0.2, 0.25) is 0 Å². The Kier molecular flexibility index (Phi) is 5.94. The number of nitrogens with one attached hydrogen (secondary N) is 1. The number of hydrogen-bond donors (Lipinski definition) is 1. The summed E-state index contributed by atoms with van der Waals surface area (Å²) >= 11 is 4.79. The second kappa shape index (κ2) is 9.03. The van der Waals surface area contributed by atoms with E-state index in [4.69, 9.17) is 9.72 Å². The average molecular weight is 528 g/mol. The fraction of sp³-hybridized carbons (Fsp3) is 0.261. The highest BCUT2D eigenvalue weighted by molar-refractivity contribution is 9.10. The number of esters is 1. The Labute approximate surface area is 202 Å². The van der Waals surface area contributed by atoms with Crippen molar-refractivity contribution < 1.29 is 14.3 Å². The molecule has 1 N–H and O–H groups in total. The van der Waals surface area contributed by atoms with Gasteiger partial charge in [-0.05, 0) is 48.2 Å². The third kappa shape index (κ3) is 4.16. The number of rotatable bonds is 3. The number of methoxy groups -OCH3 is 1. The average Bonchev–Trinajstić information content (AvgIpc) is 3.42. The number of hydrogen-bond acceptors (Lipinski definition) is 6. The summed E-state index contributed by atoms with van der Waals surface area (Å²) in [6.45, 7) is 2.63. The molecule has 33 heavy (non-hydrogen) atoms. The molecule has 1 aliphatic rings. The molecule has 3 aromatic heterocycles. The van der Waals surface area contributed by atoms with Gasteiger partial charge in [0, 0.05) is 36.8 Å². The molecule has 170 valence electrons. The normalized spacial score (nSPS) is 14.5. The summed E-state index contributed by atoms with van der Waals surface area (Å²) in [7, 11) is 1.33. The number of carbonyl (C=O) groups is 2. The highest BCUT2D eigenvalue weighted by Crippen LogP contribution is 2.28. The van der Waals surface area contributed by atoms with E-state index in [0.717, 1.165) is 39.8 Å². The Hall–Kier alpha value is -3.11. The second-order valence-corrected chi connectivity index (χ2v) is 9.58. The van der Waals surface area contributed by atoms with Gasteiger partial charge in [-0.15, -0.1) is 11.3 Å². The zero-order valence-corrected chi connectivity index (χ0v) is 20.4. The predicted octanol–water partition coefficient (Wildman–Crippen LogP) is 4.84. The topological polar surface area (TPSA) is 79.2 Å². The minimum atomic E-state index is -0.451. The van der Waals surface area contributed by atoms with Crippen molar-refractivity contribution in [3.63, 3.8) is 0 Å². The van der Waals surface area contributed by atoms with Crippen LogP contribution in [0.2, 0.25) is 0 Å². The largest absolute Gasteiger partial charge is 0.465 e. The van der Waals surface area contributed by atoms with Crippen molar-refractivity contribution in [3.8, 4) is 0 Å². The van der Waals surface area contributed by atoms with Crippen LogP contribution in [0.15, 0.2) is 52.4 Å². The van der Waals surface area contributed by atoms with Crippen LogP contribution in [0.3, 0.4) is 0 Å². The lowest BCUT2D eigenvalue weighted by atomic mass is 10.3. The van der Waals surface area contributed by atoms with Crippen LogP contribution in [0.1, 0.15) is 16.1 Å². The molecule has 1 fully saturated rings. The maximum absolute atomic E-state index is 12.9. The van der Waals surface area contributed by atoms with E-state index in [1.54, 1.807) is 16.3 Å². The number of urea groups is 1. The molecule has 8 nitrogen and oxygen atoms in total. The van der Waals surface area contributed by atoms with Crippen molar-refractivity contribution in [3.05, 3.63) is 57.3 Å². The molecule has 1 aromatic carbocycles. The standard InChI is InChI=1S/C23H22BrN5O3S/c1-32-22(30)20-16(7-13-33-20)26-23(31)28-9-3-8-27(11-12-28)21-19-4-2-10-29(19)18-6-5-15(24)14-17(18)25-21/h2,4-7,10,13-14H,3,8-9,11-12H2,1H3,(H,26,31). The number of thiophene rings is 1. The Bertz CT molecular complexity index is 1350. The van der Waals surface area contributed by atoms with E-state index in [0.29, 0.717) is 30.2 Å². The lowest BCUT2D eigenvalue weighted by Crippen LogP contribution is -2.38. The smallest absolute Gasteiger partial charge is 0.350 e. The van der Waals surface area contributed by atoms with Gasteiger partial charge < -0.3 is 24.3 Å². The third-order valence-corrected chi connectivity index (χ3v) is 7.15. The molecule has 0 aliphatic carbocycles. The van der Waals surface area contributed by atoms with Crippen LogP contribution in [0, 0.1) is 0 Å². The maximum Gasteiger partial charge on any atom is 0.350 e. The van der Waals surface area contributed by atoms with Gasteiger partial charge >= 0.3 is 12.0 Å². The number of anilines is 2. The first kappa shape index (κ1) is 21.7. The number of carbonyl (C=O) groups excluding carboxylic acids is 2. The molecule has 0 atom stereocenters. The molecule has 10 heteroatoms. The van der Waals surface area contributed by atoms with Crippen molar-refractivity contribution in [1.29, 1.82) is 0 Å². The van der Waals surface area contributed by atoms with Crippen molar-refractivity contribution >= 4 is 67.3 Å². The van der Waals surface area contributed by atoms with E-state index in [-0.39, 0.29) is 6.03 Å². The highest BCUT2D eigenvalue weighted by Gasteiger charge is 2.24. The fourth-order valence-electron chi connectivity index (χ4n) is 4.15. The summed E-state index contributed by atoms with van der Waals surface area (Å²) in [5.74, 6) is 0.464. The molecule has 0 bridgehead atoms. The summed E-state index contributed by atoms with van der Waals surface area (Å²) in [6, 6.07) is 11.7. The molecule has 0 saturated carbocycles. The molecule has 4 heterocycles. The van der Waals surface area contributed by atoms with Crippen LogP contribution in [0.5, 0.6) is 0 Å². The van der Waals surface area contributed by atoms with Gasteiger partial charge in [-0.25, -0.2) is 14.6 Å². The molecule has 5 rings (SSSR count). The van der Waals surface area contributed by atoms with Crippen molar-refractivity contribution in [2.45, 2.75) is 6.42 Å². The van der Waals surface area contributed by atoms with Crippen LogP contribution in [-0.2, 0) is 4.74 Å². The number of ether oxygens (including phenoxy) is 1. The summed E-state index contributed by atoms with van der Waals surface area (Å²) in [5.41, 5.74) is 3.49. The van der Waals surface area contributed by atoms with Gasteiger partial charge in [-0.1, -0.05) is 15.9 Å². The van der Waals surface area contributed by atoms with Gasteiger partial charge in [-0.2, -0.15) is 0 Å². The quantitative estimate of drug-likeness (QED) is 0.385. The van der Waals surface area contributed by atoms with Gasteiger partial charge in [-0.3, -0.25) is 0 Å². The zero-order valence-electron chi connectivity index (χ0n) is 18.0. The third-order valence-electron chi connectivity index (χ3n) is 5.76. The molecule has 2 amide bonds. The van der Waals surface area contributed by atoms with Crippen LogP contribution >= 0.6 is 27.3 Å². The van der Waals surface area contributed by atoms with E-state index in [1.807, 2.05) is 24.4 Å². The van der Waals surface area contributed by atoms with Crippen molar-refractivity contribution in [2.75, 3.05) is 43.5 Å². The zero-order chi connectivity index (χ0) is 22.9. The Balaban J connectivity index is 1.36. The van der Waals surface area contributed by atoms with Crippen LogP contribution in [0.25, 0.3) is 16.6 Å². The Morgan fingerprint density at radius 2 is 2.00 bits per heavy atom. The number of benzene rings is 1.